The van der Waals surface area contributed by atoms with E-state index in [2.05, 4.69) is 4.74 Å². The van der Waals surface area contributed by atoms with Gasteiger partial charge in [0.15, 0.2) is 11.6 Å². The van der Waals surface area contributed by atoms with Crippen molar-refractivity contribution in [1.82, 2.24) is 0 Å². The van der Waals surface area contributed by atoms with Crippen LogP contribution in [0.3, 0.4) is 0 Å². The summed E-state index contributed by atoms with van der Waals surface area (Å²) in [6, 6.07) is 2.26. The molecule has 6 heteroatoms. The summed E-state index contributed by atoms with van der Waals surface area (Å²) >= 11 is 5.68. The van der Waals surface area contributed by atoms with Crippen molar-refractivity contribution in [3.05, 3.63) is 28.5 Å². The molecule has 0 spiro atoms. The molecule has 0 atom stereocenters. The summed E-state index contributed by atoms with van der Waals surface area (Å²) in [7, 11) is 1.23. The van der Waals surface area contributed by atoms with Crippen LogP contribution in [0.25, 0.3) is 0 Å². The van der Waals surface area contributed by atoms with E-state index in [0.29, 0.717) is 0 Å². The average Bonchev–Trinajstić information content (AvgIpc) is 2.31. The largest absolute Gasteiger partial charge is 0.494 e. The van der Waals surface area contributed by atoms with Crippen molar-refractivity contribution < 1.29 is 23.5 Å². The molecule has 17 heavy (non-hydrogen) atoms. The van der Waals surface area contributed by atoms with Gasteiger partial charge in [-0.25, -0.2) is 9.18 Å². The molecule has 0 N–H and O–H groups in total. The number of esters is 1. The van der Waals surface area contributed by atoms with E-state index < -0.39 is 23.1 Å². The number of halogens is 2. The predicted octanol–water partition coefficient (Wildman–Crippen LogP) is 2.23. The van der Waals surface area contributed by atoms with Crippen LogP contribution in [-0.2, 0) is 9.53 Å². The number of carbonyl (C=O) groups is 2. The maximum Gasteiger partial charge on any atom is 0.379 e. The standard InChI is InChI=1S/C11H10ClFO4/c1-3-17-11(15)10(14)7-4-6(12)5-8(16-2)9(7)13/h4-5H,3H2,1-2H3. The van der Waals surface area contributed by atoms with Gasteiger partial charge in [-0.15, -0.1) is 0 Å². The molecule has 92 valence electrons. The van der Waals surface area contributed by atoms with Gasteiger partial charge in [-0.1, -0.05) is 11.6 Å². The maximum atomic E-state index is 13.7. The van der Waals surface area contributed by atoms with Crippen molar-refractivity contribution in [2.24, 2.45) is 0 Å². The van der Waals surface area contributed by atoms with Crippen molar-refractivity contribution in [3.63, 3.8) is 0 Å². The molecule has 0 saturated carbocycles. The van der Waals surface area contributed by atoms with Crippen LogP contribution in [0.1, 0.15) is 17.3 Å². The van der Waals surface area contributed by atoms with Gasteiger partial charge < -0.3 is 9.47 Å². The molecule has 0 saturated heterocycles. The Balaban J connectivity index is 3.17. The van der Waals surface area contributed by atoms with E-state index in [1.165, 1.54) is 13.2 Å². The van der Waals surface area contributed by atoms with Crippen LogP contribution in [0.4, 0.5) is 4.39 Å². The molecule has 0 amide bonds. The first-order valence-corrected chi connectivity index (χ1v) is 5.13. The van der Waals surface area contributed by atoms with E-state index in [1.54, 1.807) is 6.92 Å². The summed E-state index contributed by atoms with van der Waals surface area (Å²) < 4.78 is 22.9. The number of hydrogen-bond donors (Lipinski definition) is 0. The minimum Gasteiger partial charge on any atom is -0.494 e. The second-order valence-corrected chi connectivity index (χ2v) is 3.46. The first-order valence-electron chi connectivity index (χ1n) is 4.75. The topological polar surface area (TPSA) is 52.6 Å². The summed E-state index contributed by atoms with van der Waals surface area (Å²) in [5, 5.41) is 0.0934. The molecule has 0 heterocycles. The smallest absolute Gasteiger partial charge is 0.379 e. The Labute approximate surface area is 102 Å². The van der Waals surface area contributed by atoms with Gasteiger partial charge in [0.25, 0.3) is 5.78 Å². The molecule has 1 aromatic rings. The monoisotopic (exact) mass is 260 g/mol. The first kappa shape index (κ1) is 13.4. The number of rotatable bonds is 4. The highest BCUT2D eigenvalue weighted by atomic mass is 35.5. The van der Waals surface area contributed by atoms with E-state index in [1.807, 2.05) is 0 Å². The highest BCUT2D eigenvalue weighted by Gasteiger charge is 2.24. The molecule has 0 fully saturated rings. The number of ether oxygens (including phenoxy) is 2. The molecule has 1 rings (SSSR count). The van der Waals surface area contributed by atoms with Gasteiger partial charge >= 0.3 is 5.97 Å². The fourth-order valence-electron chi connectivity index (χ4n) is 1.18. The zero-order chi connectivity index (χ0) is 13.0. The van der Waals surface area contributed by atoms with Crippen LogP contribution in [0.15, 0.2) is 12.1 Å². The van der Waals surface area contributed by atoms with Crippen molar-refractivity contribution >= 4 is 23.4 Å². The van der Waals surface area contributed by atoms with Crippen LogP contribution in [0.5, 0.6) is 5.75 Å². The summed E-state index contributed by atoms with van der Waals surface area (Å²) in [5.74, 6) is -3.36. The lowest BCUT2D eigenvalue weighted by atomic mass is 10.1. The van der Waals surface area contributed by atoms with Crippen LogP contribution in [-0.4, -0.2) is 25.5 Å². The molecule has 0 unspecified atom stereocenters. The Hall–Kier alpha value is -1.62. The van der Waals surface area contributed by atoms with E-state index in [0.717, 1.165) is 6.07 Å². The molecular formula is C11H10ClFO4. The fraction of sp³-hybridized carbons (Fsp3) is 0.273. The number of Topliss-reactive ketones (excluding diaryl/α,β-unsaturated/α-hetero) is 1. The molecule has 0 bridgehead atoms. The highest BCUT2D eigenvalue weighted by molar-refractivity contribution is 6.41. The Morgan fingerprint density at radius 1 is 1.41 bits per heavy atom. The van der Waals surface area contributed by atoms with Gasteiger partial charge in [0.2, 0.25) is 0 Å². The molecule has 0 aromatic heterocycles. The van der Waals surface area contributed by atoms with Gasteiger partial charge in [0.05, 0.1) is 19.3 Å². The fourth-order valence-corrected chi connectivity index (χ4v) is 1.39. The maximum absolute atomic E-state index is 13.7. The lowest BCUT2D eigenvalue weighted by Crippen LogP contribution is -2.19. The van der Waals surface area contributed by atoms with E-state index in [4.69, 9.17) is 16.3 Å². The number of hydrogen-bond acceptors (Lipinski definition) is 4. The van der Waals surface area contributed by atoms with Gasteiger partial charge in [-0.3, -0.25) is 4.79 Å². The highest BCUT2D eigenvalue weighted by Crippen LogP contribution is 2.26. The van der Waals surface area contributed by atoms with E-state index >= 15 is 0 Å². The minimum atomic E-state index is -1.13. The third kappa shape index (κ3) is 2.94. The summed E-state index contributed by atoms with van der Waals surface area (Å²) in [4.78, 5) is 22.7. The molecule has 4 nitrogen and oxygen atoms in total. The zero-order valence-electron chi connectivity index (χ0n) is 9.25. The number of methoxy groups -OCH3 is 1. The SMILES string of the molecule is CCOC(=O)C(=O)c1cc(Cl)cc(OC)c1F. The molecule has 1 aromatic carbocycles. The van der Waals surface area contributed by atoms with Gasteiger partial charge in [-0.2, -0.15) is 0 Å². The van der Waals surface area contributed by atoms with Crippen molar-refractivity contribution in [3.8, 4) is 5.75 Å². The average molecular weight is 261 g/mol. The molecule has 0 radical (unpaired) electrons. The summed E-state index contributed by atoms with van der Waals surface area (Å²) in [6.07, 6.45) is 0. The number of carbonyl (C=O) groups excluding carboxylic acids is 2. The second-order valence-electron chi connectivity index (χ2n) is 3.02. The normalized spacial score (nSPS) is 9.88. The Morgan fingerprint density at radius 2 is 2.06 bits per heavy atom. The molecular weight excluding hydrogens is 251 g/mol. The second kappa shape index (κ2) is 5.63. The third-order valence-corrected chi connectivity index (χ3v) is 2.15. The van der Waals surface area contributed by atoms with Crippen molar-refractivity contribution in [2.75, 3.05) is 13.7 Å². The number of ketones is 1. The van der Waals surface area contributed by atoms with Gasteiger partial charge in [-0.05, 0) is 13.0 Å². The first-order chi connectivity index (χ1) is 8.01. The minimum absolute atomic E-state index is 0.0316. The van der Waals surface area contributed by atoms with Crippen LogP contribution >= 0.6 is 11.6 Å². The summed E-state index contributed by atoms with van der Waals surface area (Å²) in [5.41, 5.74) is -0.465. The Morgan fingerprint density at radius 3 is 2.59 bits per heavy atom. The van der Waals surface area contributed by atoms with Crippen molar-refractivity contribution in [2.45, 2.75) is 6.92 Å². The van der Waals surface area contributed by atoms with Gasteiger partial charge in [0, 0.05) is 11.1 Å². The van der Waals surface area contributed by atoms with E-state index in [9.17, 15) is 14.0 Å². The van der Waals surface area contributed by atoms with Gasteiger partial charge in [0.1, 0.15) is 0 Å². The Bertz CT molecular complexity index is 459. The number of benzene rings is 1. The van der Waals surface area contributed by atoms with Crippen LogP contribution < -0.4 is 4.74 Å². The quantitative estimate of drug-likeness (QED) is 0.473. The van der Waals surface area contributed by atoms with E-state index in [-0.39, 0.29) is 17.4 Å². The van der Waals surface area contributed by atoms with Crippen molar-refractivity contribution in [1.29, 1.82) is 0 Å². The lowest BCUT2D eigenvalue weighted by molar-refractivity contribution is -0.137. The third-order valence-electron chi connectivity index (χ3n) is 1.93. The molecule has 0 aliphatic rings. The zero-order valence-corrected chi connectivity index (χ0v) is 10.0. The summed E-state index contributed by atoms with van der Waals surface area (Å²) in [6.45, 7) is 1.57. The molecule has 0 aliphatic heterocycles. The van der Waals surface area contributed by atoms with Crippen LogP contribution in [0, 0.1) is 5.82 Å². The molecule has 0 aliphatic carbocycles. The Kier molecular flexibility index (Phi) is 4.45. The predicted molar refractivity (Wildman–Crippen MR) is 58.9 cm³/mol. The lowest BCUT2D eigenvalue weighted by Gasteiger charge is -2.07. The van der Waals surface area contributed by atoms with Crippen LogP contribution in [0.2, 0.25) is 5.02 Å².